The lowest BCUT2D eigenvalue weighted by Gasteiger charge is -2.28. The highest BCUT2D eigenvalue weighted by atomic mass is 16.5. The normalized spacial score (nSPS) is 23.8. The minimum atomic E-state index is -0.247. The third kappa shape index (κ3) is 4.24. The Hall–Kier alpha value is -2.72. The van der Waals surface area contributed by atoms with Gasteiger partial charge in [0.2, 0.25) is 5.95 Å². The number of fused-ring (bicyclic) bond motifs is 1. The van der Waals surface area contributed by atoms with E-state index in [1.54, 1.807) is 0 Å². The van der Waals surface area contributed by atoms with E-state index in [2.05, 4.69) is 25.6 Å². The van der Waals surface area contributed by atoms with E-state index >= 15 is 0 Å². The van der Waals surface area contributed by atoms with Gasteiger partial charge in [0.25, 0.3) is 0 Å². The molecule has 0 radical (unpaired) electrons. The summed E-state index contributed by atoms with van der Waals surface area (Å²) in [5.74, 6) is 1.63. The summed E-state index contributed by atoms with van der Waals surface area (Å²) in [6, 6.07) is 3.73. The summed E-state index contributed by atoms with van der Waals surface area (Å²) in [4.78, 5) is 23.7. The van der Waals surface area contributed by atoms with E-state index in [0.717, 1.165) is 62.9 Å². The number of nitrogens with zero attached hydrogens (tertiary/aromatic N) is 5. The van der Waals surface area contributed by atoms with Crippen LogP contribution in [0.2, 0.25) is 0 Å². The zero-order chi connectivity index (χ0) is 20.3. The van der Waals surface area contributed by atoms with Crippen LogP contribution in [0.5, 0.6) is 0 Å². The molecule has 5 heterocycles. The molecule has 2 atom stereocenters. The molecule has 2 saturated heterocycles. The predicted octanol–water partition coefficient (Wildman–Crippen LogP) is 1.50. The number of ether oxygens (including phenoxy) is 2. The van der Waals surface area contributed by atoms with E-state index in [-0.39, 0.29) is 12.1 Å². The molecule has 0 spiro atoms. The van der Waals surface area contributed by atoms with Crippen LogP contribution in [0.25, 0.3) is 0 Å². The van der Waals surface area contributed by atoms with Gasteiger partial charge in [-0.3, -0.25) is 10.00 Å². The van der Waals surface area contributed by atoms with Crippen molar-refractivity contribution in [3.05, 3.63) is 29.7 Å². The van der Waals surface area contributed by atoms with Gasteiger partial charge in [0.15, 0.2) is 5.82 Å². The second-order valence-corrected chi connectivity index (χ2v) is 8.02. The van der Waals surface area contributed by atoms with Crippen molar-refractivity contribution in [3.8, 4) is 0 Å². The molecule has 2 fully saturated rings. The van der Waals surface area contributed by atoms with Gasteiger partial charge in [0.05, 0.1) is 43.7 Å². The van der Waals surface area contributed by atoms with Crippen molar-refractivity contribution < 1.29 is 14.3 Å². The quantitative estimate of drug-likeness (QED) is 0.782. The van der Waals surface area contributed by atoms with Gasteiger partial charge in [0, 0.05) is 37.9 Å². The number of hydrogen-bond acceptors (Lipinski definition) is 7. The van der Waals surface area contributed by atoms with Gasteiger partial charge in [-0.25, -0.2) is 14.8 Å². The van der Waals surface area contributed by atoms with Crippen LogP contribution in [-0.4, -0.2) is 64.8 Å². The van der Waals surface area contributed by atoms with Crippen molar-refractivity contribution in [1.29, 1.82) is 0 Å². The number of rotatable bonds is 4. The number of hydrogen-bond donors (Lipinski definition) is 2. The topological polar surface area (TPSA) is 106 Å². The molecule has 0 saturated carbocycles. The number of aromatic nitrogens is 4. The zero-order valence-electron chi connectivity index (χ0n) is 16.9. The molecule has 10 nitrogen and oxygen atoms in total. The number of nitrogens with one attached hydrogen (secondary N) is 2. The molecule has 2 amide bonds. The lowest BCUT2D eigenvalue weighted by atomic mass is 9.98. The van der Waals surface area contributed by atoms with E-state index in [1.165, 1.54) is 0 Å². The number of amides is 2. The summed E-state index contributed by atoms with van der Waals surface area (Å²) in [6.45, 7) is 4.96. The van der Waals surface area contributed by atoms with Crippen LogP contribution in [0.15, 0.2) is 18.3 Å². The minimum absolute atomic E-state index is 0.0664. The maximum absolute atomic E-state index is 12.2. The lowest BCUT2D eigenvalue weighted by Crippen LogP contribution is -2.38. The summed E-state index contributed by atoms with van der Waals surface area (Å²) in [7, 11) is 0. The number of carbonyl (C=O) groups is 1. The molecule has 2 aromatic heterocycles. The SMILES string of the molecule is O=C(Nc1cc2n(n1)CCN(c1nccc(C3CCCOC3)n1)C2)N[C@@H]1CCOC1. The van der Waals surface area contributed by atoms with Crippen molar-refractivity contribution in [1.82, 2.24) is 25.1 Å². The second-order valence-electron chi connectivity index (χ2n) is 8.02. The summed E-state index contributed by atoms with van der Waals surface area (Å²) in [5, 5.41) is 10.3. The Kier molecular flexibility index (Phi) is 5.50. The van der Waals surface area contributed by atoms with Crippen molar-refractivity contribution in [3.63, 3.8) is 0 Å². The number of urea groups is 1. The molecule has 2 aromatic rings. The Morgan fingerprint density at radius 1 is 1.17 bits per heavy atom. The summed E-state index contributed by atoms with van der Waals surface area (Å²) in [6.07, 6.45) is 4.85. The molecule has 5 rings (SSSR count). The third-order valence-electron chi connectivity index (χ3n) is 5.83. The molecule has 0 aliphatic carbocycles. The first-order chi connectivity index (χ1) is 14.7. The van der Waals surface area contributed by atoms with Gasteiger partial charge in [0.1, 0.15) is 0 Å². The van der Waals surface area contributed by atoms with Crippen LogP contribution < -0.4 is 15.5 Å². The Bertz CT molecular complexity index is 890. The van der Waals surface area contributed by atoms with Crippen molar-refractivity contribution in [2.45, 2.75) is 44.3 Å². The summed E-state index contributed by atoms with van der Waals surface area (Å²) < 4.78 is 12.8. The van der Waals surface area contributed by atoms with Gasteiger partial charge < -0.3 is 19.7 Å². The van der Waals surface area contributed by atoms with E-state index < -0.39 is 0 Å². The van der Waals surface area contributed by atoms with Crippen LogP contribution >= 0.6 is 0 Å². The fourth-order valence-corrected chi connectivity index (χ4v) is 4.20. The van der Waals surface area contributed by atoms with Crippen molar-refractivity contribution in [2.75, 3.05) is 43.2 Å². The zero-order valence-corrected chi connectivity index (χ0v) is 16.9. The molecule has 160 valence electrons. The highest BCUT2D eigenvalue weighted by Crippen LogP contribution is 2.26. The molecule has 1 unspecified atom stereocenters. The predicted molar refractivity (Wildman–Crippen MR) is 109 cm³/mol. The van der Waals surface area contributed by atoms with Crippen molar-refractivity contribution in [2.24, 2.45) is 0 Å². The Morgan fingerprint density at radius 3 is 2.93 bits per heavy atom. The average molecular weight is 413 g/mol. The average Bonchev–Trinajstić information content (AvgIpc) is 3.43. The number of anilines is 2. The van der Waals surface area contributed by atoms with Crippen LogP contribution in [0.3, 0.4) is 0 Å². The second kappa shape index (κ2) is 8.57. The molecule has 3 aliphatic heterocycles. The van der Waals surface area contributed by atoms with Gasteiger partial charge in [-0.15, -0.1) is 0 Å². The molecular formula is C20H27N7O3. The first-order valence-corrected chi connectivity index (χ1v) is 10.6. The van der Waals surface area contributed by atoms with Gasteiger partial charge in [-0.05, 0) is 25.3 Å². The Morgan fingerprint density at radius 2 is 2.10 bits per heavy atom. The number of carbonyl (C=O) groups excluding carboxylic acids is 1. The molecule has 0 aromatic carbocycles. The maximum atomic E-state index is 12.2. The largest absolute Gasteiger partial charge is 0.381 e. The monoisotopic (exact) mass is 413 g/mol. The van der Waals surface area contributed by atoms with E-state index in [0.29, 0.717) is 31.5 Å². The van der Waals surface area contributed by atoms with E-state index in [9.17, 15) is 4.79 Å². The van der Waals surface area contributed by atoms with Gasteiger partial charge >= 0.3 is 6.03 Å². The standard InChI is InChI=1S/C20H27N7O3/c28-20(22-15-4-9-30-13-15)24-18-10-16-11-26(6-7-27(16)25-18)19-21-5-3-17(23-19)14-2-1-8-29-12-14/h3,5,10,14-15H,1-2,4,6-9,11-13H2,(H2,22,24,25,28)/t14?,15-/m1/s1. The van der Waals surface area contributed by atoms with E-state index in [1.807, 2.05) is 23.0 Å². The maximum Gasteiger partial charge on any atom is 0.320 e. The van der Waals surface area contributed by atoms with Crippen LogP contribution in [-0.2, 0) is 22.6 Å². The Balaban J connectivity index is 1.23. The minimum Gasteiger partial charge on any atom is -0.381 e. The third-order valence-corrected chi connectivity index (χ3v) is 5.83. The first kappa shape index (κ1) is 19.3. The first-order valence-electron chi connectivity index (χ1n) is 10.6. The molecule has 2 N–H and O–H groups in total. The Labute approximate surface area is 175 Å². The fourth-order valence-electron chi connectivity index (χ4n) is 4.20. The van der Waals surface area contributed by atoms with Crippen LogP contribution in [0, 0.1) is 0 Å². The van der Waals surface area contributed by atoms with Crippen LogP contribution in [0.1, 0.15) is 36.6 Å². The fraction of sp³-hybridized carbons (Fsp3) is 0.600. The molecule has 30 heavy (non-hydrogen) atoms. The van der Waals surface area contributed by atoms with E-state index in [4.69, 9.17) is 14.5 Å². The molecule has 10 heteroatoms. The van der Waals surface area contributed by atoms with Gasteiger partial charge in [-0.1, -0.05) is 0 Å². The lowest BCUT2D eigenvalue weighted by molar-refractivity contribution is 0.0793. The van der Waals surface area contributed by atoms with Crippen LogP contribution in [0.4, 0.5) is 16.6 Å². The molecular weight excluding hydrogens is 386 g/mol. The van der Waals surface area contributed by atoms with Crippen molar-refractivity contribution >= 4 is 17.8 Å². The summed E-state index contributed by atoms with van der Waals surface area (Å²) in [5.41, 5.74) is 2.07. The smallest absolute Gasteiger partial charge is 0.320 e. The highest BCUT2D eigenvalue weighted by molar-refractivity contribution is 5.88. The van der Waals surface area contributed by atoms with Gasteiger partial charge in [-0.2, -0.15) is 5.10 Å². The summed E-state index contributed by atoms with van der Waals surface area (Å²) >= 11 is 0. The molecule has 0 bridgehead atoms. The highest BCUT2D eigenvalue weighted by Gasteiger charge is 2.24. The molecule has 3 aliphatic rings.